The molecule has 0 fully saturated rings. The van der Waals surface area contributed by atoms with Crippen molar-refractivity contribution in [3.8, 4) is 0 Å². The van der Waals surface area contributed by atoms with Crippen LogP contribution in [0, 0.1) is 6.92 Å². The largest absolute Gasteiger partial charge is 0.456 e. The third-order valence-electron chi connectivity index (χ3n) is 3.66. The van der Waals surface area contributed by atoms with Gasteiger partial charge in [0.1, 0.15) is 0 Å². The molecule has 5 heteroatoms. The molecule has 0 bridgehead atoms. The van der Waals surface area contributed by atoms with Crippen LogP contribution in [0.5, 0.6) is 0 Å². The zero-order chi connectivity index (χ0) is 17.5. The number of hydrogen-bond acceptors (Lipinski definition) is 3. The molecule has 0 saturated carbocycles. The average Bonchev–Trinajstić information content (AvgIpc) is 2.57. The van der Waals surface area contributed by atoms with E-state index in [2.05, 4.69) is 5.32 Å². The summed E-state index contributed by atoms with van der Waals surface area (Å²) in [6, 6.07) is 14.9. The Kier molecular flexibility index (Phi) is 6.38. The maximum atomic E-state index is 11.9. The average molecular weight is 346 g/mol. The predicted molar refractivity (Wildman–Crippen MR) is 95.3 cm³/mol. The first kappa shape index (κ1) is 18.0. The molecule has 0 heterocycles. The molecule has 1 N–H and O–H groups in total. The molecular formula is C19H20ClNO3. The monoisotopic (exact) mass is 345 g/mol. The second-order valence-corrected chi connectivity index (χ2v) is 6.10. The lowest BCUT2D eigenvalue weighted by Crippen LogP contribution is -2.21. The van der Waals surface area contributed by atoms with Crippen LogP contribution in [0.25, 0.3) is 0 Å². The number of aryl methyl sites for hydroxylation is 1. The number of anilines is 1. The molecular weight excluding hydrogens is 326 g/mol. The van der Waals surface area contributed by atoms with Gasteiger partial charge in [-0.15, -0.1) is 0 Å². The third-order valence-corrected chi connectivity index (χ3v) is 4.07. The predicted octanol–water partition coefficient (Wildman–Crippen LogP) is 4.32. The lowest BCUT2D eigenvalue weighted by molar-refractivity contribution is -0.147. The second kappa shape index (κ2) is 8.50. The maximum Gasteiger partial charge on any atom is 0.306 e. The molecule has 0 spiro atoms. The van der Waals surface area contributed by atoms with E-state index in [9.17, 15) is 9.59 Å². The number of carbonyl (C=O) groups excluding carboxylic acids is 2. The van der Waals surface area contributed by atoms with E-state index in [-0.39, 0.29) is 18.9 Å². The fraction of sp³-hybridized carbons (Fsp3) is 0.263. The van der Waals surface area contributed by atoms with Gasteiger partial charge in [0.05, 0.1) is 6.42 Å². The number of amides is 1. The minimum atomic E-state index is -0.400. The standard InChI is InChI=1S/C19H20ClNO3/c1-13-8-9-16(11-17(13)20)21-18(22)12-24-19(23)10-14(2)15-6-4-3-5-7-15/h3-9,11,14H,10,12H2,1-2H3,(H,21,22)/t14-/m1/s1. The van der Waals surface area contributed by atoms with Crippen molar-refractivity contribution in [2.75, 3.05) is 11.9 Å². The van der Waals surface area contributed by atoms with Gasteiger partial charge in [-0.25, -0.2) is 0 Å². The molecule has 0 radical (unpaired) electrons. The summed E-state index contributed by atoms with van der Waals surface area (Å²) >= 11 is 6.00. The molecule has 0 aliphatic heterocycles. The van der Waals surface area contributed by atoms with E-state index in [1.807, 2.05) is 50.2 Å². The highest BCUT2D eigenvalue weighted by molar-refractivity contribution is 6.31. The molecule has 0 saturated heterocycles. The molecule has 2 aromatic carbocycles. The van der Waals surface area contributed by atoms with Crippen LogP contribution >= 0.6 is 11.6 Å². The fourth-order valence-corrected chi connectivity index (χ4v) is 2.40. The number of carbonyl (C=O) groups is 2. The Bertz CT molecular complexity index is 716. The summed E-state index contributed by atoms with van der Waals surface area (Å²) in [5, 5.41) is 3.22. The van der Waals surface area contributed by atoms with Crippen molar-refractivity contribution in [3.05, 3.63) is 64.7 Å². The van der Waals surface area contributed by atoms with E-state index >= 15 is 0 Å². The first-order chi connectivity index (χ1) is 11.5. The Morgan fingerprint density at radius 1 is 1.17 bits per heavy atom. The van der Waals surface area contributed by atoms with Gasteiger partial charge in [0.2, 0.25) is 0 Å². The van der Waals surface area contributed by atoms with Gasteiger partial charge in [-0.3, -0.25) is 9.59 Å². The van der Waals surface area contributed by atoms with Gasteiger partial charge in [-0.1, -0.05) is 54.9 Å². The van der Waals surface area contributed by atoms with Crippen molar-refractivity contribution in [2.24, 2.45) is 0 Å². The van der Waals surface area contributed by atoms with Gasteiger partial charge in [-0.2, -0.15) is 0 Å². The van der Waals surface area contributed by atoms with Gasteiger partial charge in [0, 0.05) is 10.7 Å². The van der Waals surface area contributed by atoms with Crippen LogP contribution in [0.2, 0.25) is 5.02 Å². The smallest absolute Gasteiger partial charge is 0.306 e. The number of ether oxygens (including phenoxy) is 1. The topological polar surface area (TPSA) is 55.4 Å². The Morgan fingerprint density at radius 3 is 2.54 bits per heavy atom. The number of hydrogen-bond donors (Lipinski definition) is 1. The van der Waals surface area contributed by atoms with Gasteiger partial charge < -0.3 is 10.1 Å². The molecule has 0 unspecified atom stereocenters. The van der Waals surface area contributed by atoms with Gasteiger partial charge in [0.15, 0.2) is 6.61 Å². The van der Waals surface area contributed by atoms with Crippen LogP contribution in [-0.2, 0) is 14.3 Å². The molecule has 1 amide bonds. The minimum absolute atomic E-state index is 0.0395. The van der Waals surface area contributed by atoms with Crippen molar-refractivity contribution < 1.29 is 14.3 Å². The van der Waals surface area contributed by atoms with Crippen LogP contribution in [-0.4, -0.2) is 18.5 Å². The van der Waals surface area contributed by atoms with E-state index in [1.54, 1.807) is 12.1 Å². The highest BCUT2D eigenvalue weighted by atomic mass is 35.5. The summed E-state index contributed by atoms with van der Waals surface area (Å²) in [5.74, 6) is -0.753. The second-order valence-electron chi connectivity index (χ2n) is 5.69. The first-order valence-corrected chi connectivity index (χ1v) is 8.10. The number of nitrogens with one attached hydrogen (secondary N) is 1. The van der Waals surface area contributed by atoms with E-state index in [0.29, 0.717) is 10.7 Å². The van der Waals surface area contributed by atoms with Gasteiger partial charge in [-0.05, 0) is 36.1 Å². The molecule has 2 aromatic rings. The van der Waals surface area contributed by atoms with E-state index in [4.69, 9.17) is 16.3 Å². The summed E-state index contributed by atoms with van der Waals surface area (Å²) in [7, 11) is 0. The zero-order valence-electron chi connectivity index (χ0n) is 13.7. The minimum Gasteiger partial charge on any atom is -0.456 e. The van der Waals surface area contributed by atoms with E-state index < -0.39 is 11.9 Å². The number of rotatable bonds is 6. The van der Waals surface area contributed by atoms with Crippen LogP contribution in [0.15, 0.2) is 48.5 Å². The maximum absolute atomic E-state index is 11.9. The lowest BCUT2D eigenvalue weighted by atomic mass is 9.98. The molecule has 126 valence electrons. The molecule has 0 aromatic heterocycles. The Morgan fingerprint density at radius 2 is 1.88 bits per heavy atom. The molecule has 0 aliphatic rings. The Balaban J connectivity index is 1.78. The van der Waals surface area contributed by atoms with Crippen molar-refractivity contribution in [3.63, 3.8) is 0 Å². The molecule has 0 aliphatic carbocycles. The SMILES string of the molecule is Cc1ccc(NC(=O)COC(=O)C[C@@H](C)c2ccccc2)cc1Cl. The van der Waals surface area contributed by atoms with Crippen LogP contribution in [0.1, 0.15) is 30.4 Å². The Hall–Kier alpha value is -2.33. The fourth-order valence-electron chi connectivity index (χ4n) is 2.22. The molecule has 2 rings (SSSR count). The highest BCUT2D eigenvalue weighted by Crippen LogP contribution is 2.20. The summed E-state index contributed by atoms with van der Waals surface area (Å²) in [4.78, 5) is 23.7. The summed E-state index contributed by atoms with van der Waals surface area (Å²) in [5.41, 5.74) is 2.56. The number of benzene rings is 2. The van der Waals surface area contributed by atoms with Crippen LogP contribution < -0.4 is 5.32 Å². The van der Waals surface area contributed by atoms with Crippen molar-refractivity contribution in [2.45, 2.75) is 26.2 Å². The highest BCUT2D eigenvalue weighted by Gasteiger charge is 2.14. The van der Waals surface area contributed by atoms with Gasteiger partial charge in [0.25, 0.3) is 5.91 Å². The first-order valence-electron chi connectivity index (χ1n) is 7.72. The van der Waals surface area contributed by atoms with E-state index in [0.717, 1.165) is 11.1 Å². The van der Waals surface area contributed by atoms with Crippen molar-refractivity contribution in [1.82, 2.24) is 0 Å². The summed E-state index contributed by atoms with van der Waals surface area (Å²) < 4.78 is 5.04. The van der Waals surface area contributed by atoms with Crippen LogP contribution in [0.4, 0.5) is 5.69 Å². The summed E-state index contributed by atoms with van der Waals surface area (Å²) in [6.07, 6.45) is 0.230. The van der Waals surface area contributed by atoms with Crippen LogP contribution in [0.3, 0.4) is 0 Å². The lowest BCUT2D eigenvalue weighted by Gasteiger charge is -2.11. The molecule has 24 heavy (non-hydrogen) atoms. The Labute approximate surface area is 146 Å². The zero-order valence-corrected chi connectivity index (χ0v) is 14.5. The molecule has 4 nitrogen and oxygen atoms in total. The normalized spacial score (nSPS) is 11.6. The summed E-state index contributed by atoms with van der Waals surface area (Å²) in [6.45, 7) is 3.51. The molecule has 1 atom stereocenters. The van der Waals surface area contributed by atoms with Crippen molar-refractivity contribution >= 4 is 29.2 Å². The quantitative estimate of drug-likeness (QED) is 0.793. The third kappa shape index (κ3) is 5.39. The number of esters is 1. The van der Waals surface area contributed by atoms with Gasteiger partial charge >= 0.3 is 5.97 Å². The number of halogens is 1. The van der Waals surface area contributed by atoms with E-state index in [1.165, 1.54) is 0 Å². The van der Waals surface area contributed by atoms with Crippen molar-refractivity contribution in [1.29, 1.82) is 0 Å².